The number of fused-ring (bicyclic) bond motifs is 2. The number of hydrogen-bond acceptors (Lipinski definition) is 4. The van der Waals surface area contributed by atoms with E-state index in [4.69, 9.17) is 0 Å². The topological polar surface area (TPSA) is 70.9 Å². The highest BCUT2D eigenvalue weighted by Crippen LogP contribution is 2.70. The number of nitrogens with zero attached hydrogens (tertiary/aromatic N) is 2. The summed E-state index contributed by atoms with van der Waals surface area (Å²) in [6, 6.07) is 16.8. The van der Waals surface area contributed by atoms with E-state index in [0.29, 0.717) is 17.8 Å². The van der Waals surface area contributed by atoms with Crippen LogP contribution in [0.25, 0.3) is 0 Å². The van der Waals surface area contributed by atoms with E-state index in [2.05, 4.69) is 29.4 Å². The summed E-state index contributed by atoms with van der Waals surface area (Å²) in [5, 5.41) is 11.4. The Bertz CT molecular complexity index is 950. The molecule has 28 heavy (non-hydrogen) atoms. The van der Waals surface area contributed by atoms with Gasteiger partial charge in [0.1, 0.15) is 5.78 Å². The van der Waals surface area contributed by atoms with E-state index in [0.717, 1.165) is 18.5 Å². The zero-order valence-electron chi connectivity index (χ0n) is 16.5. The average Bonchev–Trinajstić information content (AvgIpc) is 2.99. The lowest BCUT2D eigenvalue weighted by atomic mass is 9.64. The van der Waals surface area contributed by atoms with Gasteiger partial charge in [-0.1, -0.05) is 39.0 Å². The van der Waals surface area contributed by atoms with E-state index in [1.807, 2.05) is 61.5 Å². The summed E-state index contributed by atoms with van der Waals surface area (Å²) in [6.45, 7) is 6.15. The molecule has 0 saturated heterocycles. The first-order valence-electron chi connectivity index (χ1n) is 9.70. The fraction of sp³-hybridized carbons (Fsp3) is 0.391. The highest BCUT2D eigenvalue weighted by molar-refractivity contribution is 6.04. The minimum atomic E-state index is -0.621. The van der Waals surface area contributed by atoms with E-state index >= 15 is 0 Å². The number of rotatable bonds is 4. The van der Waals surface area contributed by atoms with Crippen LogP contribution in [0, 0.1) is 16.2 Å². The lowest BCUT2D eigenvalue weighted by molar-refractivity contribution is -0.131. The number of hydrogen-bond donors (Lipinski definition) is 1. The molecule has 5 heteroatoms. The molecule has 2 aliphatic rings. The molecule has 2 aromatic carbocycles. The van der Waals surface area contributed by atoms with Crippen molar-refractivity contribution in [2.75, 3.05) is 5.32 Å². The minimum absolute atomic E-state index is 0.0502. The predicted octanol–water partition coefficient (Wildman–Crippen LogP) is 5.83. The molecule has 1 amide bonds. The fourth-order valence-electron chi connectivity index (χ4n) is 4.83. The molecule has 0 spiro atoms. The molecule has 2 saturated carbocycles. The highest BCUT2D eigenvalue weighted by atomic mass is 16.2. The summed E-state index contributed by atoms with van der Waals surface area (Å²) >= 11 is 0. The van der Waals surface area contributed by atoms with Crippen LogP contribution >= 0.6 is 0 Å². The first-order valence-corrected chi connectivity index (χ1v) is 9.70. The quantitative estimate of drug-likeness (QED) is 0.683. The number of carbonyl (C=O) groups excluding carboxylic acids is 2. The summed E-state index contributed by atoms with van der Waals surface area (Å²) in [5.74, 6) is 0.168. The van der Waals surface area contributed by atoms with Crippen molar-refractivity contribution in [1.29, 1.82) is 0 Å². The third-order valence-electron chi connectivity index (χ3n) is 7.30. The Kier molecular flexibility index (Phi) is 4.21. The lowest BCUT2D eigenvalue weighted by Gasteiger charge is -2.38. The molecule has 2 aliphatic carbocycles. The van der Waals surface area contributed by atoms with Gasteiger partial charge >= 0.3 is 0 Å². The second-order valence-electron chi connectivity index (χ2n) is 8.68. The monoisotopic (exact) mass is 375 g/mol. The molecule has 144 valence electrons. The number of ketones is 1. The molecule has 2 fully saturated rings. The van der Waals surface area contributed by atoms with Gasteiger partial charge in [-0.2, -0.15) is 10.2 Å². The second-order valence-corrected chi connectivity index (χ2v) is 8.68. The Labute approximate surface area is 165 Å². The molecule has 0 aliphatic heterocycles. The van der Waals surface area contributed by atoms with Crippen LogP contribution in [-0.4, -0.2) is 11.7 Å². The van der Waals surface area contributed by atoms with Crippen LogP contribution in [0.3, 0.4) is 0 Å². The number of benzene rings is 2. The smallest absolute Gasteiger partial charge is 0.231 e. The van der Waals surface area contributed by atoms with Gasteiger partial charge in [0, 0.05) is 17.5 Å². The van der Waals surface area contributed by atoms with Gasteiger partial charge in [-0.15, -0.1) is 0 Å². The maximum atomic E-state index is 13.2. The van der Waals surface area contributed by atoms with Crippen molar-refractivity contribution in [3.05, 3.63) is 54.6 Å². The van der Waals surface area contributed by atoms with Gasteiger partial charge in [0.15, 0.2) is 0 Å². The van der Waals surface area contributed by atoms with Crippen molar-refractivity contribution in [3.8, 4) is 0 Å². The van der Waals surface area contributed by atoms with Crippen LogP contribution in [0.4, 0.5) is 17.1 Å². The van der Waals surface area contributed by atoms with Gasteiger partial charge in [0.2, 0.25) is 5.91 Å². The Morgan fingerprint density at radius 1 is 0.893 bits per heavy atom. The molecule has 2 bridgehead atoms. The first-order chi connectivity index (χ1) is 13.3. The lowest BCUT2D eigenvalue weighted by Crippen LogP contribution is -2.43. The first kappa shape index (κ1) is 18.5. The van der Waals surface area contributed by atoms with E-state index in [1.54, 1.807) is 0 Å². The van der Waals surface area contributed by atoms with Crippen molar-refractivity contribution >= 4 is 28.8 Å². The molecule has 0 heterocycles. The van der Waals surface area contributed by atoms with E-state index in [9.17, 15) is 9.59 Å². The molecule has 5 nitrogen and oxygen atoms in total. The van der Waals surface area contributed by atoms with Crippen LogP contribution in [0.2, 0.25) is 0 Å². The number of anilines is 1. The maximum absolute atomic E-state index is 13.2. The summed E-state index contributed by atoms with van der Waals surface area (Å²) in [5.41, 5.74) is 0.852. The van der Waals surface area contributed by atoms with Gasteiger partial charge in [0.25, 0.3) is 0 Å². The highest BCUT2D eigenvalue weighted by Gasteiger charge is 2.72. The van der Waals surface area contributed by atoms with Gasteiger partial charge in [0.05, 0.1) is 16.8 Å². The maximum Gasteiger partial charge on any atom is 0.231 e. The molecule has 4 rings (SSSR count). The predicted molar refractivity (Wildman–Crippen MR) is 109 cm³/mol. The molecular weight excluding hydrogens is 350 g/mol. The summed E-state index contributed by atoms with van der Waals surface area (Å²) in [4.78, 5) is 25.8. The number of amides is 1. The molecule has 2 atom stereocenters. The zero-order chi connectivity index (χ0) is 20.0. The van der Waals surface area contributed by atoms with Crippen molar-refractivity contribution in [1.82, 2.24) is 0 Å². The van der Waals surface area contributed by atoms with Crippen molar-refractivity contribution in [3.63, 3.8) is 0 Å². The second kappa shape index (κ2) is 6.36. The van der Waals surface area contributed by atoms with Crippen molar-refractivity contribution in [2.24, 2.45) is 26.5 Å². The Morgan fingerprint density at radius 2 is 1.50 bits per heavy atom. The largest absolute Gasteiger partial charge is 0.326 e. The van der Waals surface area contributed by atoms with Crippen molar-refractivity contribution in [2.45, 2.75) is 40.0 Å². The van der Waals surface area contributed by atoms with E-state index < -0.39 is 10.8 Å². The molecule has 0 radical (unpaired) electrons. The van der Waals surface area contributed by atoms with E-state index in [-0.39, 0.29) is 17.1 Å². The molecular formula is C23H25N3O2. The van der Waals surface area contributed by atoms with Crippen LogP contribution in [0.5, 0.6) is 0 Å². The fourth-order valence-corrected chi connectivity index (χ4v) is 4.83. The Balaban J connectivity index is 1.49. The number of azo groups is 1. The summed E-state index contributed by atoms with van der Waals surface area (Å²) < 4.78 is 0. The average molecular weight is 375 g/mol. The van der Waals surface area contributed by atoms with Gasteiger partial charge in [-0.05, 0) is 54.7 Å². The Hall–Kier alpha value is -2.82. The number of nitrogens with one attached hydrogen (secondary N) is 1. The van der Waals surface area contributed by atoms with Gasteiger partial charge < -0.3 is 5.32 Å². The third kappa shape index (κ3) is 2.60. The number of carbonyl (C=O) groups is 2. The normalized spacial score (nSPS) is 28.0. The van der Waals surface area contributed by atoms with Crippen molar-refractivity contribution < 1.29 is 9.59 Å². The molecule has 0 unspecified atom stereocenters. The van der Waals surface area contributed by atoms with Crippen LogP contribution in [0.1, 0.15) is 40.0 Å². The summed E-state index contributed by atoms with van der Waals surface area (Å²) in [6.07, 6.45) is 1.88. The standard InChI is InChI=1S/C23H25N3O2/c1-21(2)22(3)13-14-23(21,15-19(22)27)20(28)24-16-9-11-18(12-10-16)26-25-17-7-5-4-6-8-17/h4-12H,13-15H2,1-3H3,(H,24,28)/t22-,23+/m1/s1. The van der Waals surface area contributed by atoms with Crippen LogP contribution < -0.4 is 5.32 Å². The van der Waals surface area contributed by atoms with Gasteiger partial charge in [-0.3, -0.25) is 9.59 Å². The third-order valence-corrected chi connectivity index (χ3v) is 7.30. The Morgan fingerprint density at radius 3 is 2.04 bits per heavy atom. The van der Waals surface area contributed by atoms with E-state index in [1.165, 1.54) is 0 Å². The SMILES string of the molecule is CC1(C)[C@@]2(C(=O)Nc3ccc(N=Nc4ccccc4)cc3)CC[C@]1(C)C(=O)C2. The van der Waals surface area contributed by atoms with Gasteiger partial charge in [-0.25, -0.2) is 0 Å². The zero-order valence-corrected chi connectivity index (χ0v) is 16.5. The summed E-state index contributed by atoms with van der Waals surface area (Å²) in [7, 11) is 0. The molecule has 0 aromatic heterocycles. The molecule has 1 N–H and O–H groups in total. The van der Waals surface area contributed by atoms with Crippen LogP contribution in [0.15, 0.2) is 64.8 Å². The number of Topliss-reactive ketones (excluding diaryl/α,β-unsaturated/α-hetero) is 1. The van der Waals surface area contributed by atoms with Crippen LogP contribution in [-0.2, 0) is 9.59 Å². The minimum Gasteiger partial charge on any atom is -0.326 e. The molecule has 2 aromatic rings.